The first-order valence-corrected chi connectivity index (χ1v) is 7.21. The second-order valence-electron chi connectivity index (χ2n) is 5.18. The van der Waals surface area contributed by atoms with E-state index in [1.807, 2.05) is 30.3 Å². The summed E-state index contributed by atoms with van der Waals surface area (Å²) in [5.41, 5.74) is 1.57. The zero-order chi connectivity index (χ0) is 16.2. The average molecular weight is 316 g/mol. The van der Waals surface area contributed by atoms with Gasteiger partial charge in [0.1, 0.15) is 12.2 Å². The van der Waals surface area contributed by atoms with Crippen LogP contribution >= 0.6 is 0 Å². The molecule has 2 heterocycles. The number of hydrogen-bond donors (Lipinski definition) is 1. The molecule has 1 unspecified atom stereocenters. The van der Waals surface area contributed by atoms with E-state index in [0.29, 0.717) is 12.3 Å². The zero-order valence-electron chi connectivity index (χ0n) is 12.3. The lowest BCUT2D eigenvalue weighted by molar-refractivity contribution is -0.158. The highest BCUT2D eigenvalue weighted by Crippen LogP contribution is 2.15. The summed E-state index contributed by atoms with van der Waals surface area (Å²) in [6.45, 7) is 0.551. The Hall–Kier alpha value is -2.74. The number of carbonyl (C=O) groups excluding carboxylic acids is 1. The second kappa shape index (κ2) is 6.57. The Morgan fingerprint density at radius 2 is 2.09 bits per heavy atom. The summed E-state index contributed by atoms with van der Waals surface area (Å²) in [6.07, 6.45) is 1.67. The molecule has 1 fully saturated rings. The molecule has 0 bridgehead atoms. The molecular weight excluding hydrogens is 300 g/mol. The lowest BCUT2D eigenvalue weighted by Gasteiger charge is -2.32. The molecule has 1 aliphatic heterocycles. The quantitative estimate of drug-likeness (QED) is 0.869. The van der Waals surface area contributed by atoms with E-state index in [1.54, 1.807) is 6.20 Å². The molecule has 120 valence electrons. The number of carboxylic acids is 1. The summed E-state index contributed by atoms with van der Waals surface area (Å²) in [6, 6.07) is 8.54. The molecular formula is C15H16N4O4. The van der Waals surface area contributed by atoms with Gasteiger partial charge in [-0.1, -0.05) is 35.5 Å². The van der Waals surface area contributed by atoms with Gasteiger partial charge in [0.25, 0.3) is 0 Å². The number of carboxylic acid groups (broad SMARTS) is 1. The standard InChI is InChI=1S/C15H16N4O4/c20-14(19-6-7-23-10-13(19)15(21)22)9-18-8-12(16-17-18)11-4-2-1-3-5-11/h1-5,8,13H,6-7,9-10H2,(H,21,22). The topological polar surface area (TPSA) is 97.6 Å². The Bertz CT molecular complexity index is 701. The van der Waals surface area contributed by atoms with Gasteiger partial charge in [0, 0.05) is 12.1 Å². The van der Waals surface area contributed by atoms with E-state index in [2.05, 4.69) is 10.3 Å². The molecule has 1 amide bonds. The molecule has 1 N–H and O–H groups in total. The van der Waals surface area contributed by atoms with Crippen LogP contribution in [-0.2, 0) is 20.9 Å². The minimum absolute atomic E-state index is 0.00763. The highest BCUT2D eigenvalue weighted by atomic mass is 16.5. The van der Waals surface area contributed by atoms with Crippen LogP contribution in [0, 0.1) is 0 Å². The fourth-order valence-electron chi connectivity index (χ4n) is 2.45. The molecule has 2 aromatic rings. The van der Waals surface area contributed by atoms with Crippen molar-refractivity contribution in [1.29, 1.82) is 0 Å². The number of hydrogen-bond acceptors (Lipinski definition) is 5. The van der Waals surface area contributed by atoms with Gasteiger partial charge in [-0.25, -0.2) is 9.48 Å². The fraction of sp³-hybridized carbons (Fsp3) is 0.333. The van der Waals surface area contributed by atoms with E-state index in [0.717, 1.165) is 5.56 Å². The van der Waals surface area contributed by atoms with Gasteiger partial charge < -0.3 is 14.7 Å². The molecule has 3 rings (SSSR count). The maximum atomic E-state index is 12.3. The summed E-state index contributed by atoms with van der Waals surface area (Å²) in [5, 5.41) is 17.1. The fourth-order valence-corrected chi connectivity index (χ4v) is 2.45. The maximum Gasteiger partial charge on any atom is 0.328 e. The Balaban J connectivity index is 1.70. The van der Waals surface area contributed by atoms with Crippen LogP contribution in [0.3, 0.4) is 0 Å². The van der Waals surface area contributed by atoms with Gasteiger partial charge in [0.05, 0.1) is 19.4 Å². The van der Waals surface area contributed by atoms with Crippen LogP contribution in [-0.4, -0.2) is 62.7 Å². The Morgan fingerprint density at radius 3 is 2.83 bits per heavy atom. The smallest absolute Gasteiger partial charge is 0.328 e. The summed E-state index contributed by atoms with van der Waals surface area (Å²) in [5.74, 6) is -1.38. The number of aliphatic carboxylic acids is 1. The molecule has 8 nitrogen and oxygen atoms in total. The first kappa shape index (κ1) is 15.2. The first-order chi connectivity index (χ1) is 11.1. The molecule has 1 aromatic heterocycles. The number of benzene rings is 1. The van der Waals surface area contributed by atoms with Crippen LogP contribution in [0.15, 0.2) is 36.5 Å². The van der Waals surface area contributed by atoms with Crippen LogP contribution < -0.4 is 0 Å². The van der Waals surface area contributed by atoms with Crippen molar-refractivity contribution in [2.75, 3.05) is 19.8 Å². The number of rotatable bonds is 4. The Kier molecular flexibility index (Phi) is 4.33. The zero-order valence-corrected chi connectivity index (χ0v) is 12.3. The summed E-state index contributed by atoms with van der Waals surface area (Å²) in [7, 11) is 0. The Morgan fingerprint density at radius 1 is 1.30 bits per heavy atom. The van der Waals surface area contributed by atoms with Gasteiger partial charge >= 0.3 is 5.97 Å². The number of morpholine rings is 1. The van der Waals surface area contributed by atoms with Gasteiger partial charge in [-0.3, -0.25) is 4.79 Å². The molecule has 0 radical (unpaired) electrons. The molecule has 0 saturated carbocycles. The van der Waals surface area contributed by atoms with Crippen molar-refractivity contribution in [3.63, 3.8) is 0 Å². The van der Waals surface area contributed by atoms with Crippen LogP contribution in [0.1, 0.15) is 0 Å². The number of amides is 1. The molecule has 1 aromatic carbocycles. The van der Waals surface area contributed by atoms with E-state index in [1.165, 1.54) is 9.58 Å². The first-order valence-electron chi connectivity index (χ1n) is 7.21. The van der Waals surface area contributed by atoms with Gasteiger partial charge in [-0.2, -0.15) is 0 Å². The van der Waals surface area contributed by atoms with E-state index in [9.17, 15) is 9.59 Å². The van der Waals surface area contributed by atoms with Crippen molar-refractivity contribution in [3.05, 3.63) is 36.5 Å². The molecule has 0 aliphatic carbocycles. The van der Waals surface area contributed by atoms with Crippen molar-refractivity contribution >= 4 is 11.9 Å². The van der Waals surface area contributed by atoms with Gasteiger partial charge in [-0.05, 0) is 0 Å². The molecule has 1 saturated heterocycles. The van der Waals surface area contributed by atoms with Crippen LogP contribution in [0.25, 0.3) is 11.3 Å². The molecule has 1 atom stereocenters. The highest BCUT2D eigenvalue weighted by Gasteiger charge is 2.32. The van der Waals surface area contributed by atoms with E-state index in [-0.39, 0.29) is 25.6 Å². The summed E-state index contributed by atoms with van der Waals surface area (Å²) < 4.78 is 6.54. The second-order valence-corrected chi connectivity index (χ2v) is 5.18. The molecule has 23 heavy (non-hydrogen) atoms. The lowest BCUT2D eigenvalue weighted by Crippen LogP contribution is -2.53. The van der Waals surface area contributed by atoms with E-state index < -0.39 is 12.0 Å². The van der Waals surface area contributed by atoms with Crippen molar-refractivity contribution in [3.8, 4) is 11.3 Å². The number of ether oxygens (including phenoxy) is 1. The van der Waals surface area contributed by atoms with Crippen molar-refractivity contribution in [2.45, 2.75) is 12.6 Å². The lowest BCUT2D eigenvalue weighted by atomic mass is 10.2. The predicted octanol–water partition coefficient (Wildman–Crippen LogP) is 0.257. The van der Waals surface area contributed by atoms with Gasteiger partial charge in [-0.15, -0.1) is 5.10 Å². The Labute approximate surface area is 132 Å². The van der Waals surface area contributed by atoms with Crippen molar-refractivity contribution in [1.82, 2.24) is 19.9 Å². The SMILES string of the molecule is O=C(O)C1COCCN1C(=O)Cn1cc(-c2ccccc2)nn1. The molecule has 8 heteroatoms. The van der Waals surface area contributed by atoms with Crippen LogP contribution in [0.5, 0.6) is 0 Å². The highest BCUT2D eigenvalue weighted by molar-refractivity contribution is 5.83. The molecule has 1 aliphatic rings. The van der Waals surface area contributed by atoms with E-state index in [4.69, 9.17) is 9.84 Å². The third kappa shape index (κ3) is 3.37. The predicted molar refractivity (Wildman–Crippen MR) is 79.4 cm³/mol. The largest absolute Gasteiger partial charge is 0.480 e. The van der Waals surface area contributed by atoms with Crippen molar-refractivity contribution in [2.24, 2.45) is 0 Å². The minimum atomic E-state index is -1.07. The van der Waals surface area contributed by atoms with Gasteiger partial charge in [0.2, 0.25) is 5.91 Å². The minimum Gasteiger partial charge on any atom is -0.480 e. The number of carbonyl (C=O) groups is 2. The maximum absolute atomic E-state index is 12.3. The third-order valence-corrected chi connectivity index (χ3v) is 3.64. The van der Waals surface area contributed by atoms with Crippen LogP contribution in [0.2, 0.25) is 0 Å². The summed E-state index contributed by atoms with van der Waals surface area (Å²) >= 11 is 0. The number of nitrogens with zero attached hydrogens (tertiary/aromatic N) is 4. The number of aromatic nitrogens is 3. The third-order valence-electron chi connectivity index (χ3n) is 3.64. The monoisotopic (exact) mass is 316 g/mol. The van der Waals surface area contributed by atoms with Crippen LogP contribution in [0.4, 0.5) is 0 Å². The normalized spacial score (nSPS) is 17.9. The molecule has 0 spiro atoms. The average Bonchev–Trinajstić information content (AvgIpc) is 3.04. The van der Waals surface area contributed by atoms with Gasteiger partial charge in [0.15, 0.2) is 6.04 Å². The van der Waals surface area contributed by atoms with E-state index >= 15 is 0 Å². The van der Waals surface area contributed by atoms with Crippen molar-refractivity contribution < 1.29 is 19.4 Å². The summed E-state index contributed by atoms with van der Waals surface area (Å²) in [4.78, 5) is 24.9.